The second kappa shape index (κ2) is 4.37. The molecule has 0 saturated carbocycles. The molecule has 0 aromatic heterocycles. The van der Waals surface area contributed by atoms with Crippen molar-refractivity contribution in [2.24, 2.45) is 5.73 Å². The SMILES string of the molecule is CC1CN(C2=CCC(N)C=C2)CC(C)O1. The van der Waals surface area contributed by atoms with Crippen molar-refractivity contribution >= 4 is 0 Å². The Bertz CT molecular complexity index is 275. The summed E-state index contributed by atoms with van der Waals surface area (Å²) in [5, 5.41) is 0. The minimum absolute atomic E-state index is 0.199. The van der Waals surface area contributed by atoms with Gasteiger partial charge in [-0.25, -0.2) is 0 Å². The number of allylic oxidation sites excluding steroid dienone is 1. The Morgan fingerprint density at radius 2 is 2.00 bits per heavy atom. The Kier molecular flexibility index (Phi) is 3.12. The summed E-state index contributed by atoms with van der Waals surface area (Å²) in [5.74, 6) is 0. The summed E-state index contributed by atoms with van der Waals surface area (Å²) in [6, 6.07) is 0.199. The van der Waals surface area contributed by atoms with Gasteiger partial charge >= 0.3 is 0 Å². The molecule has 0 aromatic rings. The lowest BCUT2D eigenvalue weighted by Crippen LogP contribution is -2.44. The average Bonchev–Trinajstić information content (AvgIpc) is 2.17. The molecule has 2 aliphatic rings. The molecule has 2 rings (SSSR count). The fourth-order valence-corrected chi connectivity index (χ4v) is 2.25. The molecule has 1 aliphatic carbocycles. The predicted molar refractivity (Wildman–Crippen MR) is 61.4 cm³/mol. The molecule has 1 aliphatic heterocycles. The first-order valence-corrected chi connectivity index (χ1v) is 5.69. The lowest BCUT2D eigenvalue weighted by molar-refractivity contribution is -0.0568. The monoisotopic (exact) mass is 208 g/mol. The number of nitrogens with zero attached hydrogens (tertiary/aromatic N) is 1. The van der Waals surface area contributed by atoms with E-state index in [9.17, 15) is 0 Å². The Balaban J connectivity index is 2.01. The molecule has 0 radical (unpaired) electrons. The van der Waals surface area contributed by atoms with E-state index in [0.717, 1.165) is 19.5 Å². The summed E-state index contributed by atoms with van der Waals surface area (Å²) in [5.41, 5.74) is 7.11. The van der Waals surface area contributed by atoms with Crippen LogP contribution >= 0.6 is 0 Å². The van der Waals surface area contributed by atoms with Gasteiger partial charge in [0, 0.05) is 24.8 Å². The van der Waals surface area contributed by atoms with Crippen LogP contribution in [0.5, 0.6) is 0 Å². The van der Waals surface area contributed by atoms with E-state index in [1.54, 1.807) is 0 Å². The molecule has 15 heavy (non-hydrogen) atoms. The third-order valence-corrected chi connectivity index (χ3v) is 2.90. The van der Waals surface area contributed by atoms with E-state index < -0.39 is 0 Å². The molecule has 1 heterocycles. The van der Waals surface area contributed by atoms with Crippen LogP contribution in [0.2, 0.25) is 0 Å². The van der Waals surface area contributed by atoms with Crippen LogP contribution in [0.3, 0.4) is 0 Å². The Morgan fingerprint density at radius 3 is 2.53 bits per heavy atom. The van der Waals surface area contributed by atoms with Crippen LogP contribution in [0.1, 0.15) is 20.3 Å². The molecule has 0 bridgehead atoms. The second-order valence-corrected chi connectivity index (χ2v) is 4.55. The van der Waals surface area contributed by atoms with Crippen LogP contribution < -0.4 is 5.73 Å². The third kappa shape index (κ3) is 2.61. The minimum Gasteiger partial charge on any atom is -0.372 e. The quantitative estimate of drug-likeness (QED) is 0.705. The average molecular weight is 208 g/mol. The zero-order chi connectivity index (χ0) is 10.8. The largest absolute Gasteiger partial charge is 0.372 e. The van der Waals surface area contributed by atoms with E-state index in [1.165, 1.54) is 5.70 Å². The summed E-state index contributed by atoms with van der Waals surface area (Å²) in [6.07, 6.45) is 8.04. The van der Waals surface area contributed by atoms with Gasteiger partial charge in [0.25, 0.3) is 0 Å². The molecule has 1 fully saturated rings. The van der Waals surface area contributed by atoms with E-state index in [-0.39, 0.29) is 6.04 Å². The van der Waals surface area contributed by atoms with Gasteiger partial charge in [0.2, 0.25) is 0 Å². The standard InChI is InChI=1S/C12H20N2O/c1-9-7-14(8-10(2)15-9)12-5-3-11(13)4-6-12/h3,5-6,9-11H,4,7-8,13H2,1-2H3. The van der Waals surface area contributed by atoms with Crippen LogP contribution in [-0.2, 0) is 4.74 Å². The van der Waals surface area contributed by atoms with E-state index >= 15 is 0 Å². The second-order valence-electron chi connectivity index (χ2n) is 4.55. The van der Waals surface area contributed by atoms with Crippen molar-refractivity contribution in [1.82, 2.24) is 4.90 Å². The number of nitrogens with two attached hydrogens (primary N) is 1. The van der Waals surface area contributed by atoms with Gasteiger partial charge < -0.3 is 15.4 Å². The van der Waals surface area contributed by atoms with Crippen LogP contribution in [0, 0.1) is 0 Å². The van der Waals surface area contributed by atoms with Crippen molar-refractivity contribution in [3.05, 3.63) is 23.9 Å². The molecular weight excluding hydrogens is 188 g/mol. The normalized spacial score (nSPS) is 36.6. The fraction of sp³-hybridized carbons (Fsp3) is 0.667. The molecule has 3 unspecified atom stereocenters. The van der Waals surface area contributed by atoms with Crippen LogP contribution in [0.25, 0.3) is 0 Å². The van der Waals surface area contributed by atoms with Gasteiger partial charge in [0.05, 0.1) is 12.2 Å². The number of morpholine rings is 1. The minimum atomic E-state index is 0.199. The van der Waals surface area contributed by atoms with Gasteiger partial charge in [-0.15, -0.1) is 0 Å². The van der Waals surface area contributed by atoms with Crippen LogP contribution in [0.15, 0.2) is 23.9 Å². The highest BCUT2D eigenvalue weighted by Gasteiger charge is 2.23. The van der Waals surface area contributed by atoms with Gasteiger partial charge in [-0.3, -0.25) is 0 Å². The Morgan fingerprint density at radius 1 is 1.33 bits per heavy atom. The first-order valence-electron chi connectivity index (χ1n) is 5.69. The maximum atomic E-state index is 5.81. The van der Waals surface area contributed by atoms with Gasteiger partial charge in [-0.2, -0.15) is 0 Å². The van der Waals surface area contributed by atoms with Crippen LogP contribution in [0.4, 0.5) is 0 Å². The number of hydrogen-bond acceptors (Lipinski definition) is 3. The molecule has 84 valence electrons. The molecular formula is C12H20N2O. The molecule has 1 saturated heterocycles. The number of ether oxygens (including phenoxy) is 1. The lowest BCUT2D eigenvalue weighted by atomic mass is 10.1. The summed E-state index contributed by atoms with van der Waals surface area (Å²) in [4.78, 5) is 2.39. The van der Waals surface area contributed by atoms with Crippen molar-refractivity contribution in [2.75, 3.05) is 13.1 Å². The molecule has 2 N–H and O–H groups in total. The van der Waals surface area contributed by atoms with Gasteiger partial charge in [0.15, 0.2) is 0 Å². The van der Waals surface area contributed by atoms with Crippen molar-refractivity contribution in [2.45, 2.75) is 38.5 Å². The van der Waals surface area contributed by atoms with E-state index in [0.29, 0.717) is 12.2 Å². The maximum absolute atomic E-state index is 5.81. The first-order chi connectivity index (χ1) is 7.15. The highest BCUT2D eigenvalue weighted by atomic mass is 16.5. The highest BCUT2D eigenvalue weighted by Crippen LogP contribution is 2.19. The van der Waals surface area contributed by atoms with Gasteiger partial charge in [-0.05, 0) is 26.3 Å². The van der Waals surface area contributed by atoms with Crippen molar-refractivity contribution < 1.29 is 4.74 Å². The first kappa shape index (κ1) is 10.7. The summed E-state index contributed by atoms with van der Waals surface area (Å²) in [6.45, 7) is 6.22. The fourth-order valence-electron chi connectivity index (χ4n) is 2.25. The van der Waals surface area contributed by atoms with E-state index in [4.69, 9.17) is 10.5 Å². The predicted octanol–water partition coefficient (Wildman–Crippen LogP) is 1.27. The Labute approximate surface area is 91.6 Å². The lowest BCUT2D eigenvalue weighted by Gasteiger charge is -2.38. The molecule has 3 nitrogen and oxygen atoms in total. The topological polar surface area (TPSA) is 38.5 Å². The maximum Gasteiger partial charge on any atom is 0.0726 e. The Hall–Kier alpha value is -0.800. The third-order valence-electron chi connectivity index (χ3n) is 2.90. The summed E-state index contributed by atoms with van der Waals surface area (Å²) < 4.78 is 5.71. The highest BCUT2D eigenvalue weighted by molar-refractivity contribution is 5.24. The van der Waals surface area contributed by atoms with Crippen LogP contribution in [-0.4, -0.2) is 36.2 Å². The molecule has 3 heteroatoms. The zero-order valence-electron chi connectivity index (χ0n) is 9.52. The molecule has 0 aromatic carbocycles. The van der Waals surface area contributed by atoms with Gasteiger partial charge in [0.1, 0.15) is 0 Å². The molecule has 0 amide bonds. The smallest absolute Gasteiger partial charge is 0.0726 e. The zero-order valence-corrected chi connectivity index (χ0v) is 9.52. The number of rotatable bonds is 1. The molecule has 3 atom stereocenters. The van der Waals surface area contributed by atoms with E-state index in [1.807, 2.05) is 0 Å². The summed E-state index contributed by atoms with van der Waals surface area (Å²) in [7, 11) is 0. The van der Waals surface area contributed by atoms with Crippen molar-refractivity contribution in [3.63, 3.8) is 0 Å². The van der Waals surface area contributed by atoms with Gasteiger partial charge in [-0.1, -0.05) is 12.2 Å². The molecule has 0 spiro atoms. The summed E-state index contributed by atoms with van der Waals surface area (Å²) >= 11 is 0. The number of hydrogen-bond donors (Lipinski definition) is 1. The van der Waals surface area contributed by atoms with E-state index in [2.05, 4.69) is 37.0 Å². The van der Waals surface area contributed by atoms with Crippen molar-refractivity contribution in [1.29, 1.82) is 0 Å². The van der Waals surface area contributed by atoms with Crippen molar-refractivity contribution in [3.8, 4) is 0 Å².